The van der Waals surface area contributed by atoms with Gasteiger partial charge < -0.3 is 9.80 Å². The fourth-order valence-corrected chi connectivity index (χ4v) is 6.70. The number of nitrogens with zero attached hydrogens (tertiary/aromatic N) is 4. The lowest BCUT2D eigenvalue weighted by Gasteiger charge is -2.30. The van der Waals surface area contributed by atoms with E-state index in [1.807, 2.05) is 84.9 Å². The lowest BCUT2D eigenvalue weighted by Crippen LogP contribution is -2.13. The molecule has 0 amide bonds. The zero-order valence-corrected chi connectivity index (χ0v) is 24.8. The van der Waals surface area contributed by atoms with E-state index in [4.69, 9.17) is 0 Å². The molecule has 0 bridgehead atoms. The second-order valence-electron chi connectivity index (χ2n) is 11.2. The molecule has 0 aliphatic carbocycles. The highest BCUT2D eigenvalue weighted by molar-refractivity contribution is 6.29. The first kappa shape index (κ1) is 27.0. The monoisotopic (exact) mass is 586 g/mol. The molecule has 0 unspecified atom stereocenters. The molecule has 4 heteroatoms. The summed E-state index contributed by atoms with van der Waals surface area (Å²) in [4.78, 5) is 4.35. The molecule has 0 spiro atoms. The van der Waals surface area contributed by atoms with Crippen LogP contribution in [0.4, 0.5) is 34.1 Å². The van der Waals surface area contributed by atoms with E-state index in [-0.39, 0.29) is 0 Å². The number of benzene rings is 8. The molecule has 8 rings (SSSR count). The van der Waals surface area contributed by atoms with Gasteiger partial charge in [-0.05, 0) is 82.2 Å². The van der Waals surface area contributed by atoms with Gasteiger partial charge in [0.1, 0.15) is 12.1 Å². The lowest BCUT2D eigenvalue weighted by molar-refractivity contribution is 1.28. The van der Waals surface area contributed by atoms with Gasteiger partial charge in [0.15, 0.2) is 0 Å². The molecule has 0 aliphatic heterocycles. The number of rotatable bonds is 6. The summed E-state index contributed by atoms with van der Waals surface area (Å²) in [6, 6.07) is 58.1. The van der Waals surface area contributed by atoms with Crippen molar-refractivity contribution in [3.63, 3.8) is 0 Å². The summed E-state index contributed by atoms with van der Waals surface area (Å²) in [6.07, 6.45) is 0. The Bertz CT molecular complexity index is 2170. The van der Waals surface area contributed by atoms with Crippen molar-refractivity contribution in [1.29, 1.82) is 10.5 Å². The standard InChI is InChI=1S/C42H26N4/c43-27-31-25-29-22-24-38-40-30(26-32(28-44)42(38)46(35-17-9-3-10-18-35)36-19-11-4-12-20-36)21-23-37(39(29)40)41(31)45(33-13-5-1-6-14-33)34-15-7-2-8-16-34/h1-26H. The van der Waals surface area contributed by atoms with Crippen molar-refractivity contribution in [3.8, 4) is 12.1 Å². The van der Waals surface area contributed by atoms with Crippen LogP contribution in [0.2, 0.25) is 0 Å². The highest BCUT2D eigenvalue weighted by atomic mass is 15.2. The quantitative estimate of drug-likeness (QED) is 0.182. The minimum Gasteiger partial charge on any atom is -0.309 e. The fourth-order valence-electron chi connectivity index (χ4n) is 6.70. The van der Waals surface area contributed by atoms with Crippen LogP contribution in [0, 0.1) is 22.7 Å². The summed E-state index contributed by atoms with van der Waals surface area (Å²) in [5.41, 5.74) is 6.70. The topological polar surface area (TPSA) is 54.1 Å². The Kier molecular flexibility index (Phi) is 6.53. The van der Waals surface area contributed by atoms with Gasteiger partial charge in [0.25, 0.3) is 0 Å². The fraction of sp³-hybridized carbons (Fsp3) is 0. The van der Waals surface area contributed by atoms with Gasteiger partial charge in [-0.15, -0.1) is 0 Å². The summed E-state index contributed by atoms with van der Waals surface area (Å²) in [6.45, 7) is 0. The molecule has 0 radical (unpaired) electrons. The molecular formula is C42H26N4. The van der Waals surface area contributed by atoms with E-state index in [2.05, 4.69) is 94.7 Å². The van der Waals surface area contributed by atoms with Gasteiger partial charge in [0.2, 0.25) is 0 Å². The van der Waals surface area contributed by atoms with E-state index in [1.54, 1.807) is 0 Å². The molecular weight excluding hydrogens is 560 g/mol. The van der Waals surface area contributed by atoms with E-state index >= 15 is 0 Å². The second-order valence-corrected chi connectivity index (χ2v) is 11.2. The Labute approximate surface area is 267 Å². The van der Waals surface area contributed by atoms with Crippen molar-refractivity contribution < 1.29 is 0 Å². The van der Waals surface area contributed by atoms with Crippen LogP contribution in [0.3, 0.4) is 0 Å². The Morgan fingerprint density at radius 1 is 0.370 bits per heavy atom. The Morgan fingerprint density at radius 2 is 0.674 bits per heavy atom. The highest BCUT2D eigenvalue weighted by Crippen LogP contribution is 2.49. The summed E-state index contributed by atoms with van der Waals surface area (Å²) < 4.78 is 0. The van der Waals surface area contributed by atoms with Crippen molar-refractivity contribution in [2.45, 2.75) is 0 Å². The average Bonchev–Trinajstić information content (AvgIpc) is 3.13. The van der Waals surface area contributed by atoms with Gasteiger partial charge in [-0.2, -0.15) is 10.5 Å². The van der Waals surface area contributed by atoms with Crippen molar-refractivity contribution >= 4 is 66.4 Å². The van der Waals surface area contributed by atoms with Crippen molar-refractivity contribution in [2.24, 2.45) is 0 Å². The number of nitriles is 2. The summed E-state index contributed by atoms with van der Waals surface area (Å²) in [5.74, 6) is 0. The minimum absolute atomic E-state index is 0.590. The normalized spacial score (nSPS) is 11.0. The van der Waals surface area contributed by atoms with Crippen LogP contribution in [-0.4, -0.2) is 0 Å². The van der Waals surface area contributed by atoms with E-state index < -0.39 is 0 Å². The predicted molar refractivity (Wildman–Crippen MR) is 189 cm³/mol. The first-order chi connectivity index (χ1) is 22.8. The van der Waals surface area contributed by atoms with E-state index in [0.29, 0.717) is 11.1 Å². The second kappa shape index (κ2) is 11.1. The van der Waals surface area contributed by atoms with Crippen LogP contribution >= 0.6 is 0 Å². The Morgan fingerprint density at radius 3 is 0.957 bits per heavy atom. The largest absolute Gasteiger partial charge is 0.309 e. The molecule has 0 aliphatic rings. The van der Waals surface area contributed by atoms with Gasteiger partial charge in [-0.25, -0.2) is 0 Å². The Hall–Kier alpha value is -6.62. The zero-order chi connectivity index (χ0) is 31.0. The van der Waals surface area contributed by atoms with E-state index in [0.717, 1.165) is 66.4 Å². The summed E-state index contributed by atoms with van der Waals surface area (Å²) in [5, 5.41) is 27.2. The molecule has 0 heterocycles. The van der Waals surface area contributed by atoms with Crippen LogP contribution < -0.4 is 9.80 Å². The molecule has 0 atom stereocenters. The molecule has 4 nitrogen and oxygen atoms in total. The third-order valence-electron chi connectivity index (χ3n) is 8.59. The summed E-state index contributed by atoms with van der Waals surface area (Å²) in [7, 11) is 0. The lowest BCUT2D eigenvalue weighted by atomic mass is 9.88. The zero-order valence-electron chi connectivity index (χ0n) is 24.8. The molecule has 0 saturated heterocycles. The predicted octanol–water partition coefficient (Wildman–Crippen LogP) is 11.3. The van der Waals surface area contributed by atoms with Gasteiger partial charge in [-0.3, -0.25) is 0 Å². The maximum absolute atomic E-state index is 10.6. The third-order valence-corrected chi connectivity index (χ3v) is 8.59. The number of hydrogen-bond acceptors (Lipinski definition) is 4. The molecule has 46 heavy (non-hydrogen) atoms. The molecule has 0 fully saturated rings. The molecule has 0 aromatic heterocycles. The van der Waals surface area contributed by atoms with E-state index in [9.17, 15) is 10.5 Å². The number of hydrogen-bond donors (Lipinski definition) is 0. The summed E-state index contributed by atoms with van der Waals surface area (Å²) >= 11 is 0. The highest BCUT2D eigenvalue weighted by Gasteiger charge is 2.25. The Balaban J connectivity index is 1.50. The van der Waals surface area contributed by atoms with Crippen molar-refractivity contribution in [2.75, 3.05) is 9.80 Å². The molecule has 8 aromatic carbocycles. The maximum Gasteiger partial charge on any atom is 0.101 e. The smallest absolute Gasteiger partial charge is 0.101 e. The molecule has 214 valence electrons. The van der Waals surface area contributed by atoms with Gasteiger partial charge >= 0.3 is 0 Å². The van der Waals surface area contributed by atoms with Crippen LogP contribution in [0.5, 0.6) is 0 Å². The van der Waals surface area contributed by atoms with E-state index in [1.165, 1.54) is 0 Å². The average molecular weight is 587 g/mol. The van der Waals surface area contributed by atoms with Gasteiger partial charge in [-0.1, -0.05) is 97.1 Å². The maximum atomic E-state index is 10.6. The SMILES string of the molecule is N#Cc1cc2ccc3c(N(c4ccccc4)c4ccccc4)c(C#N)cc4ccc(c1N(c1ccccc1)c1ccccc1)c2c43. The van der Waals surface area contributed by atoms with Crippen molar-refractivity contribution in [1.82, 2.24) is 0 Å². The van der Waals surface area contributed by atoms with Gasteiger partial charge in [0, 0.05) is 33.5 Å². The van der Waals surface area contributed by atoms with Crippen molar-refractivity contribution in [3.05, 3.63) is 169 Å². The number of para-hydroxylation sites is 4. The van der Waals surface area contributed by atoms with Crippen LogP contribution in [0.25, 0.3) is 32.3 Å². The molecule has 8 aromatic rings. The third kappa shape index (κ3) is 4.29. The van der Waals surface area contributed by atoms with Crippen LogP contribution in [-0.2, 0) is 0 Å². The first-order valence-electron chi connectivity index (χ1n) is 15.2. The minimum atomic E-state index is 0.590. The van der Waals surface area contributed by atoms with Gasteiger partial charge in [0.05, 0.1) is 22.5 Å². The number of anilines is 6. The van der Waals surface area contributed by atoms with Crippen LogP contribution in [0.15, 0.2) is 158 Å². The molecule has 0 saturated carbocycles. The molecule has 0 N–H and O–H groups in total. The van der Waals surface area contributed by atoms with Crippen LogP contribution in [0.1, 0.15) is 11.1 Å². The first-order valence-corrected chi connectivity index (χ1v) is 15.2.